The number of H-pyrrole nitrogens is 1. The topological polar surface area (TPSA) is 78.9 Å². The van der Waals surface area contributed by atoms with Gasteiger partial charge in [0, 0.05) is 5.56 Å². The summed E-state index contributed by atoms with van der Waals surface area (Å²) >= 11 is 0. The van der Waals surface area contributed by atoms with E-state index in [1.807, 2.05) is 24.3 Å². The molecule has 0 saturated heterocycles. The van der Waals surface area contributed by atoms with E-state index >= 15 is 0 Å². The number of hydrogen-bond donors (Lipinski definition) is 2. The van der Waals surface area contributed by atoms with E-state index in [4.69, 9.17) is 0 Å². The Bertz CT molecular complexity index is 669. The van der Waals surface area contributed by atoms with Crippen molar-refractivity contribution >= 4 is 22.9 Å². The summed E-state index contributed by atoms with van der Waals surface area (Å²) in [5, 5.41) is 19.6. The number of benzene rings is 2. The molecule has 0 unspecified atom stereocenters. The number of fused-ring (bicyclic) bond motifs is 1. The molecule has 6 heteroatoms. The van der Waals surface area contributed by atoms with Gasteiger partial charge in [-0.1, -0.05) is 47.6 Å². The van der Waals surface area contributed by atoms with Crippen molar-refractivity contribution in [2.45, 2.75) is 0 Å². The molecule has 0 aliphatic rings. The number of nitrogens with zero attached hydrogens (tertiary/aromatic N) is 4. The van der Waals surface area contributed by atoms with Crippen LogP contribution in [0.1, 0.15) is 5.56 Å². The van der Waals surface area contributed by atoms with E-state index in [0.717, 1.165) is 10.9 Å². The number of anilines is 1. The number of aromatic nitrogens is 4. The van der Waals surface area contributed by atoms with Crippen LogP contribution in [0.15, 0.2) is 47.6 Å². The van der Waals surface area contributed by atoms with Crippen molar-refractivity contribution in [3.05, 3.63) is 48.0 Å². The molecule has 0 aliphatic heterocycles. The SMILES string of the molecule is C(=NNc1nn[nH]n1)c1cccc2ccccc12. The second-order valence-electron chi connectivity index (χ2n) is 3.67. The van der Waals surface area contributed by atoms with Gasteiger partial charge in [-0.05, 0) is 16.0 Å². The molecule has 18 heavy (non-hydrogen) atoms. The highest BCUT2D eigenvalue weighted by atomic mass is 15.5. The molecule has 2 aromatic carbocycles. The zero-order chi connectivity index (χ0) is 12.2. The monoisotopic (exact) mass is 238 g/mol. The normalized spacial score (nSPS) is 11.1. The molecule has 0 fully saturated rings. The van der Waals surface area contributed by atoms with Gasteiger partial charge in [-0.25, -0.2) is 5.43 Å². The van der Waals surface area contributed by atoms with Crippen LogP contribution in [-0.4, -0.2) is 26.8 Å². The maximum atomic E-state index is 4.07. The van der Waals surface area contributed by atoms with Gasteiger partial charge in [0.05, 0.1) is 6.21 Å². The summed E-state index contributed by atoms with van der Waals surface area (Å²) < 4.78 is 0. The second-order valence-corrected chi connectivity index (χ2v) is 3.67. The minimum atomic E-state index is 0.339. The van der Waals surface area contributed by atoms with E-state index in [0.29, 0.717) is 5.95 Å². The van der Waals surface area contributed by atoms with E-state index in [1.54, 1.807) is 6.21 Å². The van der Waals surface area contributed by atoms with Crippen LogP contribution in [0.2, 0.25) is 0 Å². The standard InChI is InChI=1S/C12H10N6/c1-2-7-11-9(4-1)5-3-6-10(11)8-13-14-12-15-17-18-16-12/h1-8H,(H2,14,15,16,17,18). The molecular formula is C12H10N6. The second kappa shape index (κ2) is 4.62. The molecule has 0 saturated carbocycles. The molecule has 0 spiro atoms. The lowest BCUT2D eigenvalue weighted by Gasteiger charge is -2.00. The Labute approximate surface area is 103 Å². The quantitative estimate of drug-likeness (QED) is 0.538. The molecular weight excluding hydrogens is 228 g/mol. The zero-order valence-electron chi connectivity index (χ0n) is 9.41. The molecule has 0 atom stereocenters. The molecule has 1 aromatic heterocycles. The Morgan fingerprint density at radius 1 is 1.11 bits per heavy atom. The molecule has 0 radical (unpaired) electrons. The van der Waals surface area contributed by atoms with Crippen molar-refractivity contribution in [3.8, 4) is 0 Å². The van der Waals surface area contributed by atoms with Crippen molar-refractivity contribution in [2.24, 2.45) is 5.10 Å². The summed E-state index contributed by atoms with van der Waals surface area (Å²) in [5.41, 5.74) is 3.72. The van der Waals surface area contributed by atoms with Crippen molar-refractivity contribution in [1.29, 1.82) is 0 Å². The van der Waals surface area contributed by atoms with Crippen molar-refractivity contribution in [2.75, 3.05) is 5.43 Å². The average molecular weight is 238 g/mol. The fourth-order valence-corrected chi connectivity index (χ4v) is 1.73. The summed E-state index contributed by atoms with van der Waals surface area (Å²) in [4.78, 5) is 0. The van der Waals surface area contributed by atoms with Gasteiger partial charge in [0.25, 0.3) is 5.95 Å². The van der Waals surface area contributed by atoms with E-state index in [9.17, 15) is 0 Å². The van der Waals surface area contributed by atoms with E-state index in [2.05, 4.69) is 49.4 Å². The van der Waals surface area contributed by atoms with Gasteiger partial charge in [-0.3, -0.25) is 0 Å². The van der Waals surface area contributed by atoms with Crippen LogP contribution in [0.4, 0.5) is 5.95 Å². The third-order valence-electron chi connectivity index (χ3n) is 2.54. The molecule has 1 heterocycles. The number of rotatable bonds is 3. The van der Waals surface area contributed by atoms with Gasteiger partial charge in [-0.15, -0.1) is 5.10 Å². The van der Waals surface area contributed by atoms with Gasteiger partial charge in [0.15, 0.2) is 0 Å². The van der Waals surface area contributed by atoms with Crippen LogP contribution in [0, 0.1) is 0 Å². The highest BCUT2D eigenvalue weighted by Crippen LogP contribution is 2.16. The smallest absolute Gasteiger partial charge is 0.243 e. The summed E-state index contributed by atoms with van der Waals surface area (Å²) in [6.45, 7) is 0. The molecule has 0 bridgehead atoms. The minimum Gasteiger partial charge on any atom is -0.243 e. The van der Waals surface area contributed by atoms with Crippen molar-refractivity contribution in [3.63, 3.8) is 0 Å². The minimum absolute atomic E-state index is 0.339. The first-order valence-electron chi connectivity index (χ1n) is 5.44. The maximum Gasteiger partial charge on any atom is 0.283 e. The molecule has 6 nitrogen and oxygen atoms in total. The number of hydrogen-bond acceptors (Lipinski definition) is 5. The van der Waals surface area contributed by atoms with Crippen LogP contribution in [0.5, 0.6) is 0 Å². The first-order valence-corrected chi connectivity index (χ1v) is 5.44. The lowest BCUT2D eigenvalue weighted by Crippen LogP contribution is -1.93. The van der Waals surface area contributed by atoms with E-state index in [-0.39, 0.29) is 0 Å². The Morgan fingerprint density at radius 3 is 2.89 bits per heavy atom. The summed E-state index contributed by atoms with van der Waals surface area (Å²) in [6, 6.07) is 14.2. The predicted octanol–water partition coefficient (Wildman–Crippen LogP) is 1.80. The lowest BCUT2D eigenvalue weighted by atomic mass is 10.1. The van der Waals surface area contributed by atoms with E-state index < -0.39 is 0 Å². The number of aromatic amines is 1. The zero-order valence-corrected chi connectivity index (χ0v) is 9.41. The number of nitrogens with one attached hydrogen (secondary N) is 2. The van der Waals surface area contributed by atoms with Gasteiger partial charge in [0.1, 0.15) is 0 Å². The Kier molecular flexibility index (Phi) is 2.67. The van der Waals surface area contributed by atoms with Crippen LogP contribution in [0.3, 0.4) is 0 Å². The highest BCUT2D eigenvalue weighted by Gasteiger charge is 1.97. The van der Waals surface area contributed by atoms with E-state index in [1.165, 1.54) is 5.39 Å². The van der Waals surface area contributed by atoms with Crippen molar-refractivity contribution < 1.29 is 0 Å². The highest BCUT2D eigenvalue weighted by molar-refractivity contribution is 5.99. The predicted molar refractivity (Wildman–Crippen MR) is 69.3 cm³/mol. The van der Waals surface area contributed by atoms with Gasteiger partial charge < -0.3 is 0 Å². The summed E-state index contributed by atoms with van der Waals surface area (Å²) in [6.07, 6.45) is 1.73. The van der Waals surface area contributed by atoms with Gasteiger partial charge in [0.2, 0.25) is 0 Å². The molecule has 0 amide bonds. The molecule has 88 valence electrons. The molecule has 2 N–H and O–H groups in total. The fraction of sp³-hybridized carbons (Fsp3) is 0. The van der Waals surface area contributed by atoms with Crippen LogP contribution < -0.4 is 5.43 Å². The Balaban J connectivity index is 1.88. The van der Waals surface area contributed by atoms with Crippen LogP contribution in [-0.2, 0) is 0 Å². The van der Waals surface area contributed by atoms with Crippen molar-refractivity contribution in [1.82, 2.24) is 20.6 Å². The third-order valence-corrected chi connectivity index (χ3v) is 2.54. The molecule has 3 aromatic rings. The Hall–Kier alpha value is -2.76. The summed E-state index contributed by atoms with van der Waals surface area (Å²) in [7, 11) is 0. The first-order chi connectivity index (χ1) is 8.93. The molecule has 3 rings (SSSR count). The molecule has 0 aliphatic carbocycles. The average Bonchev–Trinajstić information content (AvgIpc) is 2.92. The Morgan fingerprint density at radius 2 is 2.00 bits per heavy atom. The van der Waals surface area contributed by atoms with Crippen LogP contribution in [0.25, 0.3) is 10.8 Å². The largest absolute Gasteiger partial charge is 0.283 e. The van der Waals surface area contributed by atoms with Crippen LogP contribution >= 0.6 is 0 Å². The van der Waals surface area contributed by atoms with Gasteiger partial charge >= 0.3 is 0 Å². The number of hydrazone groups is 1. The first kappa shape index (κ1) is 10.4. The van der Waals surface area contributed by atoms with Gasteiger partial charge in [-0.2, -0.15) is 10.3 Å². The lowest BCUT2D eigenvalue weighted by molar-refractivity contribution is 0.881. The summed E-state index contributed by atoms with van der Waals surface area (Å²) in [5.74, 6) is 0.339. The maximum absolute atomic E-state index is 4.07. The fourth-order valence-electron chi connectivity index (χ4n) is 1.73. The number of tetrazole rings is 1. The third kappa shape index (κ3) is 2.03.